The fourth-order valence-corrected chi connectivity index (χ4v) is 5.44. The van der Waals surface area contributed by atoms with Crippen LogP contribution in [0.15, 0.2) is 67.0 Å². The molecule has 5 aromatic rings. The molecule has 1 atom stereocenters. The number of rotatable bonds is 8. The highest BCUT2D eigenvalue weighted by Gasteiger charge is 2.23. The molecule has 6 rings (SSSR count). The highest BCUT2D eigenvalue weighted by Crippen LogP contribution is 2.28. The van der Waals surface area contributed by atoms with Crippen molar-refractivity contribution in [3.63, 3.8) is 0 Å². The third kappa shape index (κ3) is 4.81. The van der Waals surface area contributed by atoms with Crippen LogP contribution in [0.3, 0.4) is 0 Å². The van der Waals surface area contributed by atoms with Crippen LogP contribution >= 0.6 is 0 Å². The first-order valence-electron chi connectivity index (χ1n) is 13.0. The number of carbonyl (C=O) groups is 1. The van der Waals surface area contributed by atoms with E-state index in [-0.39, 0.29) is 6.42 Å². The van der Waals surface area contributed by atoms with Gasteiger partial charge in [0, 0.05) is 16.8 Å². The normalized spacial score (nSPS) is 14.1. The van der Waals surface area contributed by atoms with Crippen LogP contribution in [0.5, 0.6) is 0 Å². The average Bonchev–Trinajstić information content (AvgIpc) is 3.36. The highest BCUT2D eigenvalue weighted by atomic mass is 16.4. The summed E-state index contributed by atoms with van der Waals surface area (Å²) in [6.45, 7) is 0. The molecule has 7 heteroatoms. The largest absolute Gasteiger partial charge is 0.481 e. The number of para-hydroxylation sites is 2. The van der Waals surface area contributed by atoms with Crippen molar-refractivity contribution in [2.75, 3.05) is 0 Å². The van der Waals surface area contributed by atoms with Crippen LogP contribution in [0, 0.1) is 0 Å². The van der Waals surface area contributed by atoms with Crippen molar-refractivity contribution in [2.45, 2.75) is 57.4 Å². The predicted octanol–water partition coefficient (Wildman–Crippen LogP) is 5.49. The summed E-state index contributed by atoms with van der Waals surface area (Å²) in [6.07, 6.45) is 11.0. The number of carboxylic acid groups (broad SMARTS) is 1. The molecule has 1 unspecified atom stereocenters. The standard InChI is InChI=1S/C30H29N5O2/c36-30(37)17-29(27-19-31-25-12-3-4-13-26(25)34-27)35-28-14-6-9-20(23(28)18-32-35)8-5-10-22-16-15-21-7-1-2-11-24(21)33-22/h3-4,6,9,12-16,18-19,29H,1-2,5,7-8,10-11,17H2,(H,36,37). The fraction of sp³-hybridized carbons (Fsp3) is 0.300. The molecule has 1 aliphatic rings. The lowest BCUT2D eigenvalue weighted by molar-refractivity contribution is -0.137. The van der Waals surface area contributed by atoms with Crippen LogP contribution in [0.2, 0.25) is 0 Å². The molecule has 0 amide bonds. The summed E-state index contributed by atoms with van der Waals surface area (Å²) in [4.78, 5) is 26.0. The van der Waals surface area contributed by atoms with Gasteiger partial charge in [-0.05, 0) is 80.3 Å². The minimum atomic E-state index is -0.905. The Labute approximate surface area is 215 Å². The van der Waals surface area contributed by atoms with Crippen molar-refractivity contribution in [1.82, 2.24) is 24.7 Å². The summed E-state index contributed by atoms with van der Waals surface area (Å²) in [5.41, 5.74) is 8.10. The first-order chi connectivity index (χ1) is 18.2. The fourth-order valence-electron chi connectivity index (χ4n) is 5.44. The Hall–Kier alpha value is -4.13. The number of hydrogen-bond donors (Lipinski definition) is 1. The van der Waals surface area contributed by atoms with Gasteiger partial charge in [-0.2, -0.15) is 5.10 Å². The Morgan fingerprint density at radius 2 is 1.78 bits per heavy atom. The van der Waals surface area contributed by atoms with E-state index in [1.54, 1.807) is 10.9 Å². The van der Waals surface area contributed by atoms with Gasteiger partial charge >= 0.3 is 5.97 Å². The molecule has 0 aliphatic heterocycles. The van der Waals surface area contributed by atoms with E-state index >= 15 is 0 Å². The van der Waals surface area contributed by atoms with E-state index in [0.29, 0.717) is 5.69 Å². The molecule has 1 aliphatic carbocycles. The average molecular weight is 492 g/mol. The van der Waals surface area contributed by atoms with Crippen molar-refractivity contribution in [3.8, 4) is 0 Å². The monoisotopic (exact) mass is 491 g/mol. The zero-order valence-corrected chi connectivity index (χ0v) is 20.7. The van der Waals surface area contributed by atoms with Gasteiger partial charge < -0.3 is 5.11 Å². The van der Waals surface area contributed by atoms with Crippen molar-refractivity contribution in [3.05, 3.63) is 95.2 Å². The van der Waals surface area contributed by atoms with Crippen LogP contribution in [0.25, 0.3) is 21.9 Å². The smallest absolute Gasteiger partial charge is 0.305 e. The minimum absolute atomic E-state index is 0.127. The number of nitrogens with zero attached hydrogens (tertiary/aromatic N) is 5. The molecule has 0 saturated heterocycles. The Morgan fingerprint density at radius 1 is 0.919 bits per heavy atom. The van der Waals surface area contributed by atoms with Crippen LogP contribution in [0.1, 0.15) is 59.9 Å². The first-order valence-corrected chi connectivity index (χ1v) is 13.0. The maximum absolute atomic E-state index is 11.8. The van der Waals surface area contributed by atoms with Gasteiger partial charge in [0.2, 0.25) is 0 Å². The summed E-state index contributed by atoms with van der Waals surface area (Å²) in [5.74, 6) is -0.905. The third-order valence-corrected chi connectivity index (χ3v) is 7.32. The van der Waals surface area contributed by atoms with E-state index in [1.165, 1.54) is 35.4 Å². The molecule has 1 N–H and O–H groups in total. The summed E-state index contributed by atoms with van der Waals surface area (Å²) >= 11 is 0. The van der Waals surface area contributed by atoms with Gasteiger partial charge in [0.05, 0.1) is 41.1 Å². The van der Waals surface area contributed by atoms with Gasteiger partial charge in [0.25, 0.3) is 0 Å². The number of hydrogen-bond acceptors (Lipinski definition) is 5. The molecule has 37 heavy (non-hydrogen) atoms. The number of aliphatic carboxylic acids is 1. The van der Waals surface area contributed by atoms with Crippen LogP contribution in [0.4, 0.5) is 0 Å². The minimum Gasteiger partial charge on any atom is -0.481 e. The molecule has 0 spiro atoms. The summed E-state index contributed by atoms with van der Waals surface area (Å²) < 4.78 is 1.79. The zero-order chi connectivity index (χ0) is 25.2. The second kappa shape index (κ2) is 10.1. The number of carboxylic acids is 1. The molecular weight excluding hydrogens is 462 g/mol. The van der Waals surface area contributed by atoms with E-state index < -0.39 is 12.0 Å². The number of benzene rings is 2. The lowest BCUT2D eigenvalue weighted by Gasteiger charge is -2.17. The van der Waals surface area contributed by atoms with Gasteiger partial charge in [-0.15, -0.1) is 0 Å². The summed E-state index contributed by atoms with van der Waals surface area (Å²) in [7, 11) is 0. The van der Waals surface area contributed by atoms with E-state index in [4.69, 9.17) is 9.97 Å². The lowest BCUT2D eigenvalue weighted by atomic mass is 9.95. The Bertz CT molecular complexity index is 1590. The molecule has 186 valence electrons. The SMILES string of the molecule is O=C(O)CC(c1cnc2ccccc2n1)n1ncc2c(CCCc3ccc4c(n3)CCCC4)cccc21. The molecule has 0 radical (unpaired) electrons. The van der Waals surface area contributed by atoms with Crippen LogP contribution < -0.4 is 0 Å². The van der Waals surface area contributed by atoms with Crippen molar-refractivity contribution in [1.29, 1.82) is 0 Å². The van der Waals surface area contributed by atoms with Crippen molar-refractivity contribution in [2.24, 2.45) is 0 Å². The molecule has 7 nitrogen and oxygen atoms in total. The third-order valence-electron chi connectivity index (χ3n) is 7.32. The quantitative estimate of drug-likeness (QED) is 0.308. The number of pyridine rings is 1. The van der Waals surface area contributed by atoms with Crippen LogP contribution in [-0.2, 0) is 30.5 Å². The highest BCUT2D eigenvalue weighted by molar-refractivity contribution is 5.83. The molecule has 3 aromatic heterocycles. The number of fused-ring (bicyclic) bond motifs is 3. The second-order valence-electron chi connectivity index (χ2n) is 9.81. The summed E-state index contributed by atoms with van der Waals surface area (Å²) in [5, 5.41) is 15.4. The lowest BCUT2D eigenvalue weighted by Crippen LogP contribution is -2.18. The maximum Gasteiger partial charge on any atom is 0.305 e. The molecule has 2 aromatic carbocycles. The van der Waals surface area contributed by atoms with E-state index in [0.717, 1.165) is 54.0 Å². The second-order valence-corrected chi connectivity index (χ2v) is 9.81. The maximum atomic E-state index is 11.8. The number of aromatic nitrogens is 5. The van der Waals surface area contributed by atoms with E-state index in [2.05, 4.69) is 28.3 Å². The molecule has 0 saturated carbocycles. The summed E-state index contributed by atoms with van der Waals surface area (Å²) in [6, 6.07) is 17.7. The first kappa shape index (κ1) is 23.3. The van der Waals surface area contributed by atoms with Gasteiger partial charge in [0.15, 0.2) is 0 Å². The Balaban J connectivity index is 1.26. The van der Waals surface area contributed by atoms with Gasteiger partial charge in [0.1, 0.15) is 6.04 Å². The Morgan fingerprint density at radius 3 is 2.68 bits per heavy atom. The molecular formula is C30H29N5O2. The van der Waals surface area contributed by atoms with Gasteiger partial charge in [-0.25, -0.2) is 4.98 Å². The molecule has 0 fully saturated rings. The van der Waals surface area contributed by atoms with E-state index in [9.17, 15) is 9.90 Å². The van der Waals surface area contributed by atoms with Crippen molar-refractivity contribution >= 4 is 27.9 Å². The van der Waals surface area contributed by atoms with Gasteiger partial charge in [-0.3, -0.25) is 19.4 Å². The molecule has 3 heterocycles. The van der Waals surface area contributed by atoms with Crippen molar-refractivity contribution < 1.29 is 9.90 Å². The predicted molar refractivity (Wildman–Crippen MR) is 143 cm³/mol. The molecule has 0 bridgehead atoms. The zero-order valence-electron chi connectivity index (χ0n) is 20.7. The van der Waals surface area contributed by atoms with E-state index in [1.807, 2.05) is 42.6 Å². The van der Waals surface area contributed by atoms with Crippen LogP contribution in [-0.4, -0.2) is 35.8 Å². The Kier molecular flexibility index (Phi) is 6.35. The number of aryl methyl sites for hydroxylation is 4. The van der Waals surface area contributed by atoms with Gasteiger partial charge in [-0.1, -0.05) is 30.3 Å². The topological polar surface area (TPSA) is 93.8 Å².